The number of nitriles is 1. The molecular formula is C16H16N4. The van der Waals surface area contributed by atoms with E-state index >= 15 is 0 Å². The first-order chi connectivity index (χ1) is 9.78. The second-order valence-electron chi connectivity index (χ2n) is 5.77. The third-order valence-electron chi connectivity index (χ3n) is 4.09. The quantitative estimate of drug-likeness (QED) is 0.925. The van der Waals surface area contributed by atoms with E-state index in [-0.39, 0.29) is 0 Å². The highest BCUT2D eigenvalue weighted by molar-refractivity contribution is 5.72. The summed E-state index contributed by atoms with van der Waals surface area (Å²) in [7, 11) is 0. The Morgan fingerprint density at radius 2 is 2.05 bits per heavy atom. The normalized spacial score (nSPS) is 17.9. The molecule has 100 valence electrons. The van der Waals surface area contributed by atoms with Gasteiger partial charge in [-0.2, -0.15) is 5.26 Å². The monoisotopic (exact) mass is 264 g/mol. The molecule has 2 saturated carbocycles. The molecule has 0 amide bonds. The molecule has 0 spiro atoms. The average molecular weight is 264 g/mol. The molecule has 0 radical (unpaired) electrons. The Labute approximate surface area is 117 Å². The van der Waals surface area contributed by atoms with Crippen molar-refractivity contribution in [1.82, 2.24) is 9.55 Å². The van der Waals surface area contributed by atoms with Crippen LogP contribution in [0.3, 0.4) is 0 Å². The summed E-state index contributed by atoms with van der Waals surface area (Å²) in [6.45, 7) is 0. The van der Waals surface area contributed by atoms with Gasteiger partial charge >= 0.3 is 0 Å². The summed E-state index contributed by atoms with van der Waals surface area (Å²) in [5.41, 5.74) is 8.79. The van der Waals surface area contributed by atoms with Gasteiger partial charge in [0.25, 0.3) is 0 Å². The summed E-state index contributed by atoms with van der Waals surface area (Å²) in [5, 5.41) is 9.03. The second kappa shape index (κ2) is 4.11. The molecule has 0 unspecified atom stereocenters. The second-order valence-corrected chi connectivity index (χ2v) is 5.77. The maximum Gasteiger partial charge on any atom is 0.132 e. The molecule has 1 aromatic heterocycles. The van der Waals surface area contributed by atoms with Crippen molar-refractivity contribution in [2.45, 2.75) is 37.6 Å². The van der Waals surface area contributed by atoms with Gasteiger partial charge in [0, 0.05) is 17.5 Å². The van der Waals surface area contributed by atoms with Crippen LogP contribution in [-0.4, -0.2) is 9.55 Å². The van der Waals surface area contributed by atoms with E-state index in [4.69, 9.17) is 16.0 Å². The summed E-state index contributed by atoms with van der Waals surface area (Å²) in [4.78, 5) is 4.81. The lowest BCUT2D eigenvalue weighted by molar-refractivity contribution is 0.691. The minimum Gasteiger partial charge on any atom is -0.383 e. The largest absolute Gasteiger partial charge is 0.383 e. The van der Waals surface area contributed by atoms with E-state index in [1.165, 1.54) is 25.7 Å². The Bertz CT molecular complexity index is 715. The van der Waals surface area contributed by atoms with E-state index in [0.29, 0.717) is 17.5 Å². The molecule has 4 nitrogen and oxygen atoms in total. The molecule has 4 heteroatoms. The molecule has 0 saturated heterocycles. The van der Waals surface area contributed by atoms with Crippen LogP contribution < -0.4 is 5.73 Å². The van der Waals surface area contributed by atoms with Gasteiger partial charge in [0.1, 0.15) is 17.3 Å². The van der Waals surface area contributed by atoms with Crippen molar-refractivity contribution < 1.29 is 0 Å². The lowest BCUT2D eigenvalue weighted by Crippen LogP contribution is -2.04. The summed E-state index contributed by atoms with van der Waals surface area (Å²) >= 11 is 0. The first-order valence-electron chi connectivity index (χ1n) is 7.16. The number of rotatable bonds is 3. The van der Waals surface area contributed by atoms with Crippen molar-refractivity contribution in [2.75, 3.05) is 5.73 Å². The molecule has 2 fully saturated rings. The van der Waals surface area contributed by atoms with Crippen molar-refractivity contribution in [2.24, 2.45) is 0 Å². The fourth-order valence-corrected chi connectivity index (χ4v) is 2.76. The zero-order chi connectivity index (χ0) is 13.7. The predicted molar refractivity (Wildman–Crippen MR) is 77.0 cm³/mol. The van der Waals surface area contributed by atoms with E-state index in [0.717, 1.165) is 22.9 Å². The Morgan fingerprint density at radius 1 is 1.25 bits per heavy atom. The van der Waals surface area contributed by atoms with Crippen LogP contribution in [0.1, 0.15) is 49.0 Å². The van der Waals surface area contributed by atoms with E-state index in [2.05, 4.69) is 10.6 Å². The molecule has 2 N–H and O–H groups in total. The van der Waals surface area contributed by atoms with Crippen molar-refractivity contribution in [3.05, 3.63) is 35.7 Å². The summed E-state index contributed by atoms with van der Waals surface area (Å²) in [5.74, 6) is 2.51. The SMILES string of the molecule is N#Cc1cccc(-c2nc(C3CC3)n(C3CC3)c2N)c1. The van der Waals surface area contributed by atoms with E-state index in [1.807, 2.05) is 18.2 Å². The van der Waals surface area contributed by atoms with Crippen LogP contribution in [0.25, 0.3) is 11.3 Å². The van der Waals surface area contributed by atoms with Gasteiger partial charge < -0.3 is 10.3 Å². The zero-order valence-electron chi connectivity index (χ0n) is 11.2. The van der Waals surface area contributed by atoms with Gasteiger partial charge in [-0.1, -0.05) is 12.1 Å². The van der Waals surface area contributed by atoms with E-state index in [9.17, 15) is 0 Å². The van der Waals surface area contributed by atoms with Crippen LogP contribution in [0, 0.1) is 11.3 Å². The highest BCUT2D eigenvalue weighted by Crippen LogP contribution is 2.48. The zero-order valence-corrected chi connectivity index (χ0v) is 11.2. The number of nitrogen functional groups attached to an aromatic ring is 1. The van der Waals surface area contributed by atoms with Crippen molar-refractivity contribution >= 4 is 5.82 Å². The van der Waals surface area contributed by atoms with Gasteiger partial charge in [0.05, 0.1) is 11.6 Å². The maximum absolute atomic E-state index is 9.03. The fraction of sp³-hybridized carbons (Fsp3) is 0.375. The molecule has 0 aliphatic heterocycles. The minimum absolute atomic E-state index is 0.547. The topological polar surface area (TPSA) is 67.6 Å². The Hall–Kier alpha value is -2.28. The standard InChI is InChI=1S/C16H16N4/c17-9-10-2-1-3-12(8-10)14-15(18)20(13-6-7-13)16(19-14)11-4-5-11/h1-3,8,11,13H,4-7,18H2. The van der Waals surface area contributed by atoms with Gasteiger partial charge in [-0.3, -0.25) is 0 Å². The number of benzene rings is 1. The molecule has 1 aromatic carbocycles. The minimum atomic E-state index is 0.547. The number of hydrogen-bond acceptors (Lipinski definition) is 3. The average Bonchev–Trinajstić information content (AvgIpc) is 3.37. The molecule has 20 heavy (non-hydrogen) atoms. The van der Waals surface area contributed by atoms with Gasteiger partial charge in [-0.25, -0.2) is 4.98 Å². The first kappa shape index (κ1) is 11.5. The van der Waals surface area contributed by atoms with E-state index < -0.39 is 0 Å². The molecule has 2 aromatic rings. The third kappa shape index (κ3) is 1.78. The van der Waals surface area contributed by atoms with Crippen molar-refractivity contribution in [3.63, 3.8) is 0 Å². The van der Waals surface area contributed by atoms with Crippen molar-refractivity contribution in [3.8, 4) is 17.3 Å². The Morgan fingerprint density at radius 3 is 2.70 bits per heavy atom. The van der Waals surface area contributed by atoms with Crippen LogP contribution in [0.15, 0.2) is 24.3 Å². The summed E-state index contributed by atoms with van der Waals surface area (Å²) in [6, 6.07) is 10.3. The lowest BCUT2D eigenvalue weighted by atomic mass is 10.1. The van der Waals surface area contributed by atoms with Gasteiger partial charge in [0.2, 0.25) is 0 Å². The first-order valence-corrected chi connectivity index (χ1v) is 7.16. The Balaban J connectivity index is 1.85. The van der Waals surface area contributed by atoms with Gasteiger partial charge in [0.15, 0.2) is 0 Å². The molecule has 4 rings (SSSR count). The maximum atomic E-state index is 9.03. The molecular weight excluding hydrogens is 248 g/mol. The number of hydrogen-bond donors (Lipinski definition) is 1. The lowest BCUT2D eigenvalue weighted by Gasteiger charge is -2.07. The molecule has 0 atom stereocenters. The molecule has 0 bridgehead atoms. The van der Waals surface area contributed by atoms with Crippen LogP contribution >= 0.6 is 0 Å². The Kier molecular flexibility index (Phi) is 2.37. The number of nitrogens with two attached hydrogens (primary N) is 1. The van der Waals surface area contributed by atoms with Crippen molar-refractivity contribution in [1.29, 1.82) is 5.26 Å². The fourth-order valence-electron chi connectivity index (χ4n) is 2.76. The number of nitrogens with zero attached hydrogens (tertiary/aromatic N) is 3. The van der Waals surface area contributed by atoms with Crippen LogP contribution in [-0.2, 0) is 0 Å². The molecule has 2 aliphatic rings. The highest BCUT2D eigenvalue weighted by atomic mass is 15.2. The van der Waals surface area contributed by atoms with E-state index in [1.54, 1.807) is 6.07 Å². The number of anilines is 1. The van der Waals surface area contributed by atoms with Crippen LogP contribution in [0.2, 0.25) is 0 Å². The summed E-state index contributed by atoms with van der Waals surface area (Å²) < 4.78 is 2.24. The van der Waals surface area contributed by atoms with Crippen LogP contribution in [0.4, 0.5) is 5.82 Å². The summed E-state index contributed by atoms with van der Waals surface area (Å²) in [6.07, 6.45) is 4.86. The smallest absolute Gasteiger partial charge is 0.132 e. The third-order valence-corrected chi connectivity index (χ3v) is 4.09. The highest BCUT2D eigenvalue weighted by Gasteiger charge is 2.36. The number of aromatic nitrogens is 2. The van der Waals surface area contributed by atoms with Gasteiger partial charge in [-0.05, 0) is 37.8 Å². The van der Waals surface area contributed by atoms with Crippen LogP contribution in [0.5, 0.6) is 0 Å². The number of imidazole rings is 1. The molecule has 2 aliphatic carbocycles. The predicted octanol–water partition coefficient (Wildman–Crippen LogP) is 3.22. The van der Waals surface area contributed by atoms with Gasteiger partial charge in [-0.15, -0.1) is 0 Å². The molecule has 1 heterocycles.